The normalized spacial score (nSPS) is 20.6. The average Bonchev–Trinajstić information content (AvgIpc) is 3.05. The first kappa shape index (κ1) is 41.8. The van der Waals surface area contributed by atoms with Gasteiger partial charge in [-0.1, -0.05) is 35.5 Å². The molecule has 0 unspecified atom stereocenters. The maximum absolute atomic E-state index is 12.6. The molecule has 0 bridgehead atoms. The molecule has 3 aliphatic rings. The lowest BCUT2D eigenvalue weighted by atomic mass is 9.78. The van der Waals surface area contributed by atoms with E-state index >= 15 is 0 Å². The number of fused-ring (bicyclic) bond motifs is 2. The molecule has 2 atom stereocenters. The summed E-state index contributed by atoms with van der Waals surface area (Å²) in [6, 6.07) is 10.2. The molecule has 0 aliphatic carbocycles. The minimum absolute atomic E-state index is 0. The van der Waals surface area contributed by atoms with E-state index in [1.165, 1.54) is 0 Å². The number of benzene rings is 2. The fourth-order valence-electron chi connectivity index (χ4n) is 5.44. The van der Waals surface area contributed by atoms with E-state index in [1.807, 2.05) is 64.1 Å². The SMILES string of the molecule is C.CC(C)(C)OC(=O)N[C@H]1CCc2cc(B3OC(C)(C)C(C)(C)O3)ccc2NC1=O.CC(C)(C)OC(=O)N[C@H]1CCc2cc(Br)ccc2NC1=O. The van der Waals surface area contributed by atoms with Crippen LogP contribution in [-0.2, 0) is 41.2 Å². The maximum Gasteiger partial charge on any atom is 0.494 e. The van der Waals surface area contributed by atoms with Crippen molar-refractivity contribution in [2.24, 2.45) is 0 Å². The molecule has 5 rings (SSSR count). The largest absolute Gasteiger partial charge is 0.494 e. The maximum atomic E-state index is 12.6. The van der Waals surface area contributed by atoms with Gasteiger partial charge in [0.15, 0.2) is 0 Å². The van der Waals surface area contributed by atoms with Crippen molar-refractivity contribution in [2.75, 3.05) is 10.6 Å². The van der Waals surface area contributed by atoms with Crippen LogP contribution in [0.2, 0.25) is 0 Å². The molecule has 14 heteroatoms. The number of carbonyl (C=O) groups is 4. The topological polar surface area (TPSA) is 153 Å². The molecule has 51 heavy (non-hydrogen) atoms. The minimum atomic E-state index is -0.655. The van der Waals surface area contributed by atoms with Gasteiger partial charge in [-0.05, 0) is 136 Å². The van der Waals surface area contributed by atoms with Crippen molar-refractivity contribution >= 4 is 63.9 Å². The van der Waals surface area contributed by atoms with Crippen molar-refractivity contribution in [2.45, 2.75) is 137 Å². The second-order valence-corrected chi connectivity index (χ2v) is 16.7. The summed E-state index contributed by atoms with van der Waals surface area (Å²) >= 11 is 3.42. The van der Waals surface area contributed by atoms with Crippen LogP contribution in [0.25, 0.3) is 0 Å². The zero-order chi connectivity index (χ0) is 37.2. The van der Waals surface area contributed by atoms with Crippen molar-refractivity contribution in [3.8, 4) is 0 Å². The third-order valence-corrected chi connectivity index (χ3v) is 9.15. The van der Waals surface area contributed by atoms with Crippen molar-refractivity contribution in [3.63, 3.8) is 0 Å². The molecule has 280 valence electrons. The van der Waals surface area contributed by atoms with Gasteiger partial charge in [0, 0.05) is 15.8 Å². The van der Waals surface area contributed by atoms with Crippen LogP contribution < -0.4 is 26.7 Å². The molecule has 1 saturated heterocycles. The first-order valence-electron chi connectivity index (χ1n) is 16.9. The number of anilines is 2. The van der Waals surface area contributed by atoms with Crippen molar-refractivity contribution < 1.29 is 38.0 Å². The Morgan fingerprint density at radius 3 is 1.61 bits per heavy atom. The molecule has 3 heterocycles. The van der Waals surface area contributed by atoms with Crippen LogP contribution in [0.15, 0.2) is 40.9 Å². The van der Waals surface area contributed by atoms with Crippen LogP contribution in [0.4, 0.5) is 21.0 Å². The number of aryl methyl sites for hydroxylation is 2. The molecule has 0 saturated carbocycles. The van der Waals surface area contributed by atoms with Gasteiger partial charge in [0.2, 0.25) is 11.8 Å². The molecule has 1 fully saturated rings. The number of rotatable bonds is 3. The Morgan fingerprint density at radius 1 is 0.765 bits per heavy atom. The summed E-state index contributed by atoms with van der Waals surface area (Å²) in [6.07, 6.45) is 1.17. The van der Waals surface area contributed by atoms with E-state index < -0.39 is 53.8 Å². The zero-order valence-corrected chi connectivity index (χ0v) is 32.3. The van der Waals surface area contributed by atoms with Gasteiger partial charge < -0.3 is 40.0 Å². The van der Waals surface area contributed by atoms with Crippen LogP contribution >= 0.6 is 15.9 Å². The number of alkyl carbamates (subject to hydrolysis) is 2. The molecular weight excluding hydrogens is 719 g/mol. The molecule has 0 aromatic heterocycles. The zero-order valence-electron chi connectivity index (χ0n) is 30.7. The molecule has 4 amide bonds. The van der Waals surface area contributed by atoms with Crippen LogP contribution in [0.5, 0.6) is 0 Å². The van der Waals surface area contributed by atoms with Gasteiger partial charge in [0.25, 0.3) is 0 Å². The average molecular weight is 774 g/mol. The first-order valence-corrected chi connectivity index (χ1v) is 17.7. The Hall–Kier alpha value is -3.62. The Balaban J connectivity index is 0.000000284. The Morgan fingerprint density at radius 2 is 1.18 bits per heavy atom. The predicted molar refractivity (Wildman–Crippen MR) is 203 cm³/mol. The number of hydrogen-bond acceptors (Lipinski definition) is 8. The summed E-state index contributed by atoms with van der Waals surface area (Å²) in [6.45, 7) is 18.8. The summed E-state index contributed by atoms with van der Waals surface area (Å²) in [5.41, 5.74) is 2.44. The molecule has 3 aliphatic heterocycles. The molecule has 0 spiro atoms. The van der Waals surface area contributed by atoms with E-state index in [0.29, 0.717) is 25.7 Å². The molecule has 12 nitrogen and oxygen atoms in total. The predicted octanol–water partition coefficient (Wildman–Crippen LogP) is 6.63. The van der Waals surface area contributed by atoms with Crippen molar-refractivity contribution in [1.29, 1.82) is 0 Å². The first-order chi connectivity index (χ1) is 23.0. The number of nitrogens with one attached hydrogen (secondary N) is 4. The van der Waals surface area contributed by atoms with E-state index in [9.17, 15) is 19.2 Å². The summed E-state index contributed by atoms with van der Waals surface area (Å²) in [5.74, 6) is -0.472. The summed E-state index contributed by atoms with van der Waals surface area (Å²) in [5, 5.41) is 11.0. The van der Waals surface area contributed by atoms with Crippen LogP contribution in [-0.4, -0.2) is 65.6 Å². The second-order valence-electron chi connectivity index (χ2n) is 15.8. The number of ether oxygens (including phenoxy) is 2. The molecule has 2 aromatic carbocycles. The lowest BCUT2D eigenvalue weighted by molar-refractivity contribution is -0.118. The van der Waals surface area contributed by atoms with E-state index in [1.54, 1.807) is 41.5 Å². The molecule has 2 aromatic rings. The number of amides is 4. The smallest absolute Gasteiger partial charge is 0.444 e. The minimum Gasteiger partial charge on any atom is -0.444 e. The molecule has 0 radical (unpaired) electrons. The third-order valence-electron chi connectivity index (χ3n) is 8.66. The van der Waals surface area contributed by atoms with Gasteiger partial charge >= 0.3 is 19.3 Å². The highest BCUT2D eigenvalue weighted by Gasteiger charge is 2.51. The fourth-order valence-corrected chi connectivity index (χ4v) is 5.84. The summed E-state index contributed by atoms with van der Waals surface area (Å²) in [7, 11) is -0.458. The molecular formula is C37H54BBrN4O8. The van der Waals surface area contributed by atoms with Gasteiger partial charge in [0.1, 0.15) is 23.3 Å². The number of carbonyl (C=O) groups excluding carboxylic acids is 4. The molecule has 4 N–H and O–H groups in total. The Labute approximate surface area is 311 Å². The highest BCUT2D eigenvalue weighted by atomic mass is 79.9. The Kier molecular flexibility index (Phi) is 13.1. The van der Waals surface area contributed by atoms with Crippen LogP contribution in [0.3, 0.4) is 0 Å². The number of hydrogen-bond donors (Lipinski definition) is 4. The highest BCUT2D eigenvalue weighted by molar-refractivity contribution is 9.10. The van der Waals surface area contributed by atoms with Gasteiger partial charge in [-0.25, -0.2) is 9.59 Å². The van der Waals surface area contributed by atoms with Gasteiger partial charge in [-0.2, -0.15) is 0 Å². The van der Waals surface area contributed by atoms with Gasteiger partial charge in [-0.15, -0.1) is 0 Å². The standard InChI is InChI=1S/C21H31BN2O5.C15H19BrN2O3.CH4/c1-19(2,3)27-18(26)24-16-10-8-13-12-14(9-11-15(13)23-17(16)25)22-28-20(4,5)21(6,7)29-22;1-15(2,3)21-14(20)18-12-6-4-9-8-10(16)5-7-11(9)17-13(12)19;/h9,11-12,16H,8,10H2,1-7H3,(H,23,25)(H,24,26);5,7-8,12H,4,6H2,1-3H3,(H,17,19)(H,18,20);1H4/t16-;12-;/m00./s1. The van der Waals surface area contributed by atoms with Crippen molar-refractivity contribution in [3.05, 3.63) is 52.0 Å². The van der Waals surface area contributed by atoms with E-state index in [4.69, 9.17) is 18.8 Å². The summed E-state index contributed by atoms with van der Waals surface area (Å²) in [4.78, 5) is 48.6. The monoisotopic (exact) mass is 772 g/mol. The van der Waals surface area contributed by atoms with Gasteiger partial charge in [-0.3, -0.25) is 9.59 Å². The van der Waals surface area contributed by atoms with Crippen LogP contribution in [0.1, 0.15) is 101 Å². The highest BCUT2D eigenvalue weighted by Crippen LogP contribution is 2.37. The lowest BCUT2D eigenvalue weighted by Crippen LogP contribution is -2.45. The van der Waals surface area contributed by atoms with Crippen LogP contribution in [0, 0.1) is 0 Å². The second kappa shape index (κ2) is 16.0. The lowest BCUT2D eigenvalue weighted by Gasteiger charge is -2.32. The van der Waals surface area contributed by atoms with E-state index in [-0.39, 0.29) is 19.2 Å². The van der Waals surface area contributed by atoms with E-state index in [2.05, 4.69) is 37.2 Å². The van der Waals surface area contributed by atoms with E-state index in [0.717, 1.165) is 32.4 Å². The van der Waals surface area contributed by atoms with Crippen molar-refractivity contribution in [1.82, 2.24) is 10.6 Å². The van der Waals surface area contributed by atoms with Gasteiger partial charge in [0.05, 0.1) is 11.2 Å². The summed E-state index contributed by atoms with van der Waals surface area (Å²) < 4.78 is 23.7. The third kappa shape index (κ3) is 11.4. The Bertz CT molecular complexity index is 1600. The quantitative estimate of drug-likeness (QED) is 0.254. The fraction of sp³-hybridized carbons (Fsp3) is 0.568. The number of halogens is 1.